The molecular weight excluding hydrogens is 576 g/mol. The van der Waals surface area contributed by atoms with Crippen molar-refractivity contribution in [3.63, 3.8) is 0 Å². The Bertz CT molecular complexity index is 1540. The first kappa shape index (κ1) is 34.6. The number of carbonyl (C=O) groups is 1. The molecule has 2 aliphatic heterocycles. The first-order valence-electron chi connectivity index (χ1n) is 16.3. The van der Waals surface area contributed by atoms with Crippen LogP contribution in [0.3, 0.4) is 0 Å². The van der Waals surface area contributed by atoms with Crippen LogP contribution < -0.4 is 9.64 Å². The molecule has 1 fully saturated rings. The van der Waals surface area contributed by atoms with Crippen LogP contribution in [0.25, 0.3) is 10.9 Å². The summed E-state index contributed by atoms with van der Waals surface area (Å²) < 4.78 is 11.4. The summed E-state index contributed by atoms with van der Waals surface area (Å²) in [5.74, 6) is 0.874. The van der Waals surface area contributed by atoms with Crippen LogP contribution in [-0.2, 0) is 16.0 Å². The minimum Gasteiger partial charge on any atom is -0.487 e. The quantitative estimate of drug-likeness (QED) is 0.197. The van der Waals surface area contributed by atoms with Gasteiger partial charge in [-0.25, -0.2) is 0 Å². The lowest BCUT2D eigenvalue weighted by atomic mass is 9.91. The molecule has 6 rings (SSSR count). The molecule has 3 aromatic carbocycles. The van der Waals surface area contributed by atoms with Gasteiger partial charge in [0, 0.05) is 74.4 Å². The monoisotopic (exact) mass is 626 g/mol. The van der Waals surface area contributed by atoms with Gasteiger partial charge in [-0.2, -0.15) is 0 Å². The molecule has 3 heterocycles. The zero-order valence-corrected chi connectivity index (χ0v) is 28.1. The summed E-state index contributed by atoms with van der Waals surface area (Å²) in [6.07, 6.45) is 1.02. The Hall–Kier alpha value is -4.27. The summed E-state index contributed by atoms with van der Waals surface area (Å²) in [6, 6.07) is 24.4. The average Bonchev–Trinajstić information content (AvgIpc) is 3.46. The molecule has 1 unspecified atom stereocenters. The minimum atomic E-state index is -0.250. The van der Waals surface area contributed by atoms with Crippen LogP contribution in [0.15, 0.2) is 79.0 Å². The SMILES string of the molecule is C=C(COc1ccc(C2c3[nH]c4ccc(C)cc4c3CCN2c2ccc(C)cc2)cc1)N1CCN(CCOC)CC1.CC.O=CO. The standard InChI is InChI=1S/C35H42N4O2.C2H6.CH2O2/c1-25-5-10-29(11-6-25)39-16-15-31-32-23-26(2)7-14-33(32)36-34(31)35(39)28-8-12-30(13-9-28)41-24-27(3)38-19-17-37(18-20-38)21-22-40-4;1-2;2-1-3/h5-14,23,35-36H,3,15-22,24H2,1-2,4H3;1-2H3;1H,(H,2,3). The number of hydrogen-bond donors (Lipinski definition) is 2. The number of aromatic nitrogens is 1. The lowest BCUT2D eigenvalue weighted by Crippen LogP contribution is -2.47. The van der Waals surface area contributed by atoms with Crippen LogP contribution in [0.4, 0.5) is 5.69 Å². The maximum atomic E-state index is 8.36. The highest BCUT2D eigenvalue weighted by molar-refractivity contribution is 5.86. The summed E-state index contributed by atoms with van der Waals surface area (Å²) in [5.41, 5.74) is 10.1. The number of fused-ring (bicyclic) bond motifs is 3. The molecule has 246 valence electrons. The smallest absolute Gasteiger partial charge is 0.290 e. The molecule has 46 heavy (non-hydrogen) atoms. The van der Waals surface area contributed by atoms with Crippen LogP contribution in [0.5, 0.6) is 5.75 Å². The summed E-state index contributed by atoms with van der Waals surface area (Å²) in [6.45, 7) is 19.7. The highest BCUT2D eigenvalue weighted by Gasteiger charge is 2.32. The highest BCUT2D eigenvalue weighted by atomic mass is 16.5. The third-order valence-electron chi connectivity index (χ3n) is 8.68. The van der Waals surface area contributed by atoms with Crippen molar-refractivity contribution < 1.29 is 19.4 Å². The van der Waals surface area contributed by atoms with Crippen LogP contribution in [0.1, 0.15) is 47.8 Å². The molecule has 2 aliphatic rings. The van der Waals surface area contributed by atoms with E-state index in [9.17, 15) is 0 Å². The molecule has 0 radical (unpaired) electrons. The number of rotatable bonds is 9. The summed E-state index contributed by atoms with van der Waals surface area (Å²) >= 11 is 0. The van der Waals surface area contributed by atoms with E-state index in [0.29, 0.717) is 6.61 Å². The number of aromatic amines is 1. The first-order chi connectivity index (χ1) is 22.4. The maximum absolute atomic E-state index is 8.36. The van der Waals surface area contributed by atoms with Gasteiger partial charge in [-0.3, -0.25) is 9.69 Å². The van der Waals surface area contributed by atoms with Gasteiger partial charge in [0.25, 0.3) is 6.47 Å². The predicted molar refractivity (Wildman–Crippen MR) is 188 cm³/mol. The number of anilines is 1. The van der Waals surface area contributed by atoms with E-state index in [1.165, 1.54) is 44.5 Å². The van der Waals surface area contributed by atoms with E-state index >= 15 is 0 Å². The molecule has 4 aromatic rings. The number of aryl methyl sites for hydroxylation is 2. The Morgan fingerprint density at radius 1 is 0.957 bits per heavy atom. The van der Waals surface area contributed by atoms with Crippen LogP contribution >= 0.6 is 0 Å². The van der Waals surface area contributed by atoms with E-state index in [1.807, 2.05) is 13.8 Å². The van der Waals surface area contributed by atoms with Gasteiger partial charge in [0.2, 0.25) is 0 Å². The van der Waals surface area contributed by atoms with Gasteiger partial charge in [0.15, 0.2) is 0 Å². The lowest BCUT2D eigenvalue weighted by molar-refractivity contribution is -0.122. The molecular formula is C38H50N4O4. The van der Waals surface area contributed by atoms with Crippen molar-refractivity contribution in [3.05, 3.63) is 107 Å². The molecule has 1 atom stereocenters. The van der Waals surface area contributed by atoms with Crippen molar-refractivity contribution in [1.29, 1.82) is 0 Å². The van der Waals surface area contributed by atoms with E-state index in [-0.39, 0.29) is 12.5 Å². The number of carboxylic acid groups (broad SMARTS) is 1. The van der Waals surface area contributed by atoms with E-state index in [1.54, 1.807) is 7.11 Å². The molecule has 8 nitrogen and oxygen atoms in total. The second kappa shape index (κ2) is 16.9. The third kappa shape index (κ3) is 8.30. The number of hydrogen-bond acceptors (Lipinski definition) is 6. The average molecular weight is 627 g/mol. The summed E-state index contributed by atoms with van der Waals surface area (Å²) in [4.78, 5) is 19.5. The fourth-order valence-electron chi connectivity index (χ4n) is 6.28. The van der Waals surface area contributed by atoms with Crippen molar-refractivity contribution in [2.75, 3.05) is 64.5 Å². The lowest BCUT2D eigenvalue weighted by Gasteiger charge is -2.38. The largest absolute Gasteiger partial charge is 0.487 e. The number of ether oxygens (including phenoxy) is 2. The zero-order chi connectivity index (χ0) is 33.1. The molecule has 0 aliphatic carbocycles. The van der Waals surface area contributed by atoms with Crippen LogP contribution in [0, 0.1) is 13.8 Å². The predicted octanol–water partition coefficient (Wildman–Crippen LogP) is 6.82. The zero-order valence-electron chi connectivity index (χ0n) is 28.1. The summed E-state index contributed by atoms with van der Waals surface area (Å²) in [7, 11) is 1.76. The van der Waals surface area contributed by atoms with Crippen molar-refractivity contribution >= 4 is 23.1 Å². The van der Waals surface area contributed by atoms with Crippen LogP contribution in [-0.4, -0.2) is 86.0 Å². The summed E-state index contributed by atoms with van der Waals surface area (Å²) in [5, 5.41) is 8.24. The second-order valence-electron chi connectivity index (χ2n) is 11.6. The second-order valence-corrected chi connectivity index (χ2v) is 11.6. The Kier molecular flexibility index (Phi) is 12.7. The van der Waals surface area contributed by atoms with Crippen molar-refractivity contribution in [2.24, 2.45) is 0 Å². The van der Waals surface area contributed by atoms with Gasteiger partial charge < -0.3 is 29.4 Å². The van der Waals surface area contributed by atoms with Crippen molar-refractivity contribution in [3.8, 4) is 5.75 Å². The molecule has 1 aromatic heterocycles. The number of nitrogens with one attached hydrogen (secondary N) is 1. The molecule has 0 spiro atoms. The fourth-order valence-corrected chi connectivity index (χ4v) is 6.28. The Labute approximate surface area is 274 Å². The third-order valence-corrected chi connectivity index (χ3v) is 8.68. The van der Waals surface area contributed by atoms with Gasteiger partial charge in [-0.1, -0.05) is 61.9 Å². The molecule has 0 amide bonds. The van der Waals surface area contributed by atoms with Gasteiger partial charge >= 0.3 is 0 Å². The van der Waals surface area contributed by atoms with E-state index in [4.69, 9.17) is 19.4 Å². The van der Waals surface area contributed by atoms with Crippen LogP contribution in [0.2, 0.25) is 0 Å². The van der Waals surface area contributed by atoms with Gasteiger partial charge in [0.05, 0.1) is 12.6 Å². The minimum absolute atomic E-state index is 0.104. The van der Waals surface area contributed by atoms with Gasteiger partial charge in [-0.05, 0) is 67.8 Å². The highest BCUT2D eigenvalue weighted by Crippen LogP contribution is 2.41. The van der Waals surface area contributed by atoms with E-state index in [2.05, 4.69) is 107 Å². The Morgan fingerprint density at radius 2 is 1.61 bits per heavy atom. The first-order valence-corrected chi connectivity index (χ1v) is 16.3. The molecule has 8 heteroatoms. The molecule has 0 saturated carbocycles. The van der Waals surface area contributed by atoms with Crippen molar-refractivity contribution in [2.45, 2.75) is 40.2 Å². The van der Waals surface area contributed by atoms with E-state index < -0.39 is 0 Å². The number of piperazine rings is 1. The van der Waals surface area contributed by atoms with E-state index in [0.717, 1.165) is 63.7 Å². The Balaban J connectivity index is 0.000000908. The molecule has 1 saturated heterocycles. The normalized spacial score (nSPS) is 16.1. The number of H-pyrrole nitrogens is 1. The molecule has 0 bridgehead atoms. The fraction of sp³-hybridized carbons (Fsp3) is 0.395. The van der Waals surface area contributed by atoms with Gasteiger partial charge in [0.1, 0.15) is 12.4 Å². The number of nitrogens with zero attached hydrogens (tertiary/aromatic N) is 3. The van der Waals surface area contributed by atoms with Gasteiger partial charge in [-0.15, -0.1) is 0 Å². The number of methoxy groups -OCH3 is 1. The topological polar surface area (TPSA) is 81.3 Å². The number of benzene rings is 3. The van der Waals surface area contributed by atoms with Crippen molar-refractivity contribution in [1.82, 2.24) is 14.8 Å². The molecule has 2 N–H and O–H groups in total. The Morgan fingerprint density at radius 3 is 2.26 bits per heavy atom. The maximum Gasteiger partial charge on any atom is 0.290 e.